The van der Waals surface area contributed by atoms with Crippen LogP contribution in [0.2, 0.25) is 19.6 Å². The lowest BCUT2D eigenvalue weighted by Gasteiger charge is -2.20. The molecule has 0 aromatic rings. The van der Waals surface area contributed by atoms with Gasteiger partial charge in [0.1, 0.15) is 5.76 Å². The van der Waals surface area contributed by atoms with E-state index >= 15 is 0 Å². The van der Waals surface area contributed by atoms with E-state index in [-0.39, 0.29) is 0 Å². The molecule has 0 rings (SSSR count). The summed E-state index contributed by atoms with van der Waals surface area (Å²) in [6.45, 7) is 8.66. The molecule has 0 saturated heterocycles. The molecule has 0 N–H and O–H groups in total. The average Bonchev–Trinajstić information content (AvgIpc) is 2.23. The van der Waals surface area contributed by atoms with Crippen LogP contribution in [0.5, 0.6) is 0 Å². The van der Waals surface area contributed by atoms with Gasteiger partial charge in [0.05, 0.1) is 20.3 Å². The number of methoxy groups -OCH3 is 2. The molecule has 17 heavy (non-hydrogen) atoms. The van der Waals surface area contributed by atoms with E-state index in [1.54, 1.807) is 14.2 Å². The Kier molecular flexibility index (Phi) is 7.79. The molecule has 0 amide bonds. The molecular weight excluding hydrogens is 232 g/mol. The van der Waals surface area contributed by atoms with Crippen molar-refractivity contribution in [3.63, 3.8) is 0 Å². The van der Waals surface area contributed by atoms with Gasteiger partial charge in [-0.05, 0) is 38.6 Å². The Hall–Kier alpha value is -0.903. The number of ether oxygens (including phenoxy) is 2. The molecule has 0 saturated carbocycles. The van der Waals surface area contributed by atoms with Crippen molar-refractivity contribution in [3.05, 3.63) is 23.9 Å². The van der Waals surface area contributed by atoms with Gasteiger partial charge in [-0.3, -0.25) is 0 Å². The predicted octanol–water partition coefficient (Wildman–Crippen LogP) is 4.05. The maximum absolute atomic E-state index is 5.98. The van der Waals surface area contributed by atoms with E-state index in [4.69, 9.17) is 13.9 Å². The Morgan fingerprint density at radius 3 is 2.12 bits per heavy atom. The van der Waals surface area contributed by atoms with E-state index in [0.29, 0.717) is 5.95 Å². The highest BCUT2D eigenvalue weighted by molar-refractivity contribution is 6.70. The lowest BCUT2D eigenvalue weighted by Crippen LogP contribution is -2.24. The maximum Gasteiger partial charge on any atom is 0.282 e. The van der Waals surface area contributed by atoms with Gasteiger partial charge in [-0.25, -0.2) is 0 Å². The van der Waals surface area contributed by atoms with E-state index in [1.807, 2.05) is 6.08 Å². The van der Waals surface area contributed by atoms with Crippen molar-refractivity contribution in [2.75, 3.05) is 14.2 Å². The van der Waals surface area contributed by atoms with Gasteiger partial charge in [0.2, 0.25) is 8.32 Å². The number of rotatable bonds is 8. The predicted molar refractivity (Wildman–Crippen MR) is 74.1 cm³/mol. The molecule has 4 heteroatoms. The number of hydrogen-bond donors (Lipinski definition) is 0. The molecule has 0 aliphatic rings. The zero-order valence-electron chi connectivity index (χ0n) is 12.0. The van der Waals surface area contributed by atoms with Crippen LogP contribution >= 0.6 is 0 Å². The van der Waals surface area contributed by atoms with Crippen LogP contribution in [0.25, 0.3) is 0 Å². The van der Waals surface area contributed by atoms with Gasteiger partial charge in [0.25, 0.3) is 5.95 Å². The largest absolute Gasteiger partial charge is 0.544 e. The van der Waals surface area contributed by atoms with Crippen molar-refractivity contribution in [2.24, 2.45) is 0 Å². The lowest BCUT2D eigenvalue weighted by atomic mass is 10.2. The molecule has 0 aromatic heterocycles. The van der Waals surface area contributed by atoms with Gasteiger partial charge in [0.15, 0.2) is 0 Å². The zero-order valence-corrected chi connectivity index (χ0v) is 13.0. The molecular formula is C13H26O3Si. The minimum Gasteiger partial charge on any atom is -0.544 e. The quantitative estimate of drug-likeness (QED) is 0.284. The second-order valence-electron chi connectivity index (χ2n) is 4.83. The molecule has 0 spiro atoms. The first-order valence-electron chi connectivity index (χ1n) is 6.11. The van der Waals surface area contributed by atoms with Gasteiger partial charge >= 0.3 is 0 Å². The summed E-state index contributed by atoms with van der Waals surface area (Å²) in [5, 5.41) is 0. The van der Waals surface area contributed by atoms with Crippen molar-refractivity contribution >= 4 is 8.32 Å². The number of hydrogen-bond acceptors (Lipinski definition) is 3. The van der Waals surface area contributed by atoms with Crippen LogP contribution in [0.3, 0.4) is 0 Å². The van der Waals surface area contributed by atoms with Crippen molar-refractivity contribution in [2.45, 2.75) is 45.8 Å². The average molecular weight is 258 g/mol. The van der Waals surface area contributed by atoms with E-state index in [2.05, 4.69) is 32.6 Å². The molecule has 0 heterocycles. The zero-order chi connectivity index (χ0) is 13.3. The van der Waals surface area contributed by atoms with Crippen molar-refractivity contribution < 1.29 is 13.9 Å². The van der Waals surface area contributed by atoms with E-state index in [9.17, 15) is 0 Å². The fourth-order valence-electron chi connectivity index (χ4n) is 1.25. The first-order chi connectivity index (χ1) is 7.92. The van der Waals surface area contributed by atoms with Gasteiger partial charge in [-0.15, -0.1) is 0 Å². The summed E-state index contributed by atoms with van der Waals surface area (Å²) in [4.78, 5) is 0. The molecule has 0 atom stereocenters. The van der Waals surface area contributed by atoms with Crippen LogP contribution in [0.1, 0.15) is 26.2 Å². The summed E-state index contributed by atoms with van der Waals surface area (Å²) >= 11 is 0. The highest BCUT2D eigenvalue weighted by Crippen LogP contribution is 2.15. The Labute approximate surface area is 107 Å². The monoisotopic (exact) mass is 258 g/mol. The first kappa shape index (κ1) is 16.1. The minimum absolute atomic E-state index is 0.478. The van der Waals surface area contributed by atoms with Gasteiger partial charge in [-0.2, -0.15) is 0 Å². The van der Waals surface area contributed by atoms with Crippen LogP contribution in [-0.2, 0) is 13.9 Å². The second kappa shape index (κ2) is 8.23. The molecule has 0 aliphatic carbocycles. The summed E-state index contributed by atoms with van der Waals surface area (Å²) < 4.78 is 16.2. The highest BCUT2D eigenvalue weighted by Gasteiger charge is 2.17. The van der Waals surface area contributed by atoms with Gasteiger partial charge in [-0.1, -0.05) is 13.3 Å². The topological polar surface area (TPSA) is 27.7 Å². The molecule has 0 radical (unpaired) electrons. The van der Waals surface area contributed by atoms with E-state index in [0.717, 1.165) is 12.2 Å². The van der Waals surface area contributed by atoms with E-state index in [1.165, 1.54) is 12.8 Å². The third-order valence-electron chi connectivity index (χ3n) is 1.99. The lowest BCUT2D eigenvalue weighted by molar-refractivity contribution is 0.0940. The van der Waals surface area contributed by atoms with Crippen LogP contribution in [-0.4, -0.2) is 22.5 Å². The van der Waals surface area contributed by atoms with Crippen molar-refractivity contribution in [1.82, 2.24) is 0 Å². The summed E-state index contributed by atoms with van der Waals surface area (Å²) in [6.07, 6.45) is 7.30. The van der Waals surface area contributed by atoms with Crippen LogP contribution in [0.15, 0.2) is 23.9 Å². The third-order valence-corrected chi connectivity index (χ3v) is 2.84. The Bertz CT molecular complexity index is 258. The number of unbranched alkanes of at least 4 members (excludes halogenated alkanes) is 2. The van der Waals surface area contributed by atoms with Crippen LogP contribution in [0.4, 0.5) is 0 Å². The van der Waals surface area contributed by atoms with E-state index < -0.39 is 8.32 Å². The smallest absolute Gasteiger partial charge is 0.282 e. The summed E-state index contributed by atoms with van der Waals surface area (Å²) in [5.74, 6) is 1.34. The van der Waals surface area contributed by atoms with Crippen molar-refractivity contribution in [1.29, 1.82) is 0 Å². The fourth-order valence-corrected chi connectivity index (χ4v) is 2.10. The second-order valence-corrected chi connectivity index (χ2v) is 9.26. The van der Waals surface area contributed by atoms with Crippen molar-refractivity contribution in [3.8, 4) is 0 Å². The maximum atomic E-state index is 5.98. The van der Waals surface area contributed by atoms with Crippen LogP contribution in [0, 0.1) is 0 Å². The molecule has 100 valence electrons. The van der Waals surface area contributed by atoms with Gasteiger partial charge < -0.3 is 13.9 Å². The molecule has 0 fully saturated rings. The standard InChI is InChI=1S/C13H26O3Si/c1-7-8-9-10-12(16-17(4,5)6)11-13(14-2)15-3/h10-11H,7-9H2,1-6H3. The third kappa shape index (κ3) is 8.86. The summed E-state index contributed by atoms with van der Waals surface area (Å²) in [7, 11) is 1.58. The van der Waals surface area contributed by atoms with Gasteiger partial charge in [0, 0.05) is 0 Å². The SMILES string of the molecule is CCCCC=C(C=C(OC)OC)O[Si](C)(C)C. The molecule has 0 unspecified atom stereocenters. The summed E-state index contributed by atoms with van der Waals surface area (Å²) in [5.41, 5.74) is 0. The molecule has 0 bridgehead atoms. The molecule has 0 aliphatic heterocycles. The Morgan fingerprint density at radius 1 is 1.12 bits per heavy atom. The first-order valence-corrected chi connectivity index (χ1v) is 9.52. The summed E-state index contributed by atoms with van der Waals surface area (Å²) in [6, 6.07) is 0. The Morgan fingerprint density at radius 2 is 1.71 bits per heavy atom. The van der Waals surface area contributed by atoms with Crippen LogP contribution < -0.4 is 0 Å². The minimum atomic E-state index is -1.60. The Balaban J connectivity index is 4.72. The molecule has 0 aromatic carbocycles. The fraction of sp³-hybridized carbons (Fsp3) is 0.692. The molecule has 3 nitrogen and oxygen atoms in total. The number of allylic oxidation sites excluding steroid dienone is 2. The highest BCUT2D eigenvalue weighted by atomic mass is 28.4. The normalized spacial score (nSPS) is 12.0.